The number of pyridine rings is 1. The van der Waals surface area contributed by atoms with Crippen LogP contribution in [0.3, 0.4) is 0 Å². The molecule has 2 unspecified atom stereocenters. The topological polar surface area (TPSA) is 63.2 Å². The Morgan fingerprint density at radius 3 is 3.00 bits per heavy atom. The molecular formula is C13H19N3O2. The number of nitrogens with one attached hydrogen (secondary N) is 2. The van der Waals surface area contributed by atoms with Gasteiger partial charge in [0.15, 0.2) is 0 Å². The predicted molar refractivity (Wildman–Crippen MR) is 69.6 cm³/mol. The summed E-state index contributed by atoms with van der Waals surface area (Å²) in [5, 5.41) is 6.24. The first kappa shape index (κ1) is 12.8. The van der Waals surface area contributed by atoms with Gasteiger partial charge in [-0.05, 0) is 32.4 Å². The standard InChI is InChI=1S/C13H19N3O2/c1-9-7-10(5-6-14-9)13(17)16-11-3-4-12(18-2)15-8-11/h3-4,8-10,14H,5-7H2,1-2H3,(H,16,17). The van der Waals surface area contributed by atoms with E-state index in [-0.39, 0.29) is 11.8 Å². The highest BCUT2D eigenvalue weighted by atomic mass is 16.5. The van der Waals surface area contributed by atoms with Gasteiger partial charge in [0.05, 0.1) is 19.0 Å². The van der Waals surface area contributed by atoms with Gasteiger partial charge in [-0.25, -0.2) is 4.98 Å². The van der Waals surface area contributed by atoms with Crippen LogP contribution in [0.1, 0.15) is 19.8 Å². The summed E-state index contributed by atoms with van der Waals surface area (Å²) in [6.07, 6.45) is 3.39. The largest absolute Gasteiger partial charge is 0.481 e. The molecule has 5 heteroatoms. The van der Waals surface area contributed by atoms with Gasteiger partial charge in [0.25, 0.3) is 0 Å². The molecule has 0 spiro atoms. The highest BCUT2D eigenvalue weighted by Crippen LogP contribution is 2.19. The summed E-state index contributed by atoms with van der Waals surface area (Å²) in [4.78, 5) is 16.1. The normalized spacial score (nSPS) is 23.4. The van der Waals surface area contributed by atoms with E-state index in [2.05, 4.69) is 22.5 Å². The average Bonchev–Trinajstić information content (AvgIpc) is 2.39. The number of amides is 1. The fourth-order valence-corrected chi connectivity index (χ4v) is 2.19. The molecule has 98 valence electrons. The van der Waals surface area contributed by atoms with Crippen LogP contribution in [-0.2, 0) is 4.79 Å². The van der Waals surface area contributed by atoms with Gasteiger partial charge in [-0.2, -0.15) is 0 Å². The number of nitrogens with zero attached hydrogens (tertiary/aromatic N) is 1. The van der Waals surface area contributed by atoms with E-state index < -0.39 is 0 Å². The van der Waals surface area contributed by atoms with E-state index in [0.717, 1.165) is 19.4 Å². The first-order chi connectivity index (χ1) is 8.69. The Hall–Kier alpha value is -1.62. The SMILES string of the molecule is COc1ccc(NC(=O)C2CCNC(C)C2)cn1. The van der Waals surface area contributed by atoms with Crippen LogP contribution < -0.4 is 15.4 Å². The number of piperidine rings is 1. The molecule has 5 nitrogen and oxygen atoms in total. The molecule has 1 fully saturated rings. The summed E-state index contributed by atoms with van der Waals surface area (Å²) < 4.78 is 4.97. The highest BCUT2D eigenvalue weighted by Gasteiger charge is 2.24. The number of hydrogen-bond donors (Lipinski definition) is 2. The summed E-state index contributed by atoms with van der Waals surface area (Å²) in [7, 11) is 1.57. The molecule has 1 saturated heterocycles. The van der Waals surface area contributed by atoms with Gasteiger partial charge in [-0.1, -0.05) is 0 Å². The lowest BCUT2D eigenvalue weighted by atomic mass is 9.92. The van der Waals surface area contributed by atoms with Crippen LogP contribution in [0.15, 0.2) is 18.3 Å². The van der Waals surface area contributed by atoms with E-state index in [0.29, 0.717) is 17.6 Å². The molecule has 1 aromatic heterocycles. The maximum Gasteiger partial charge on any atom is 0.227 e. The Morgan fingerprint density at radius 1 is 1.56 bits per heavy atom. The first-order valence-electron chi connectivity index (χ1n) is 6.23. The Labute approximate surface area is 107 Å². The fraction of sp³-hybridized carbons (Fsp3) is 0.538. The van der Waals surface area contributed by atoms with Crippen LogP contribution in [-0.4, -0.2) is 30.6 Å². The quantitative estimate of drug-likeness (QED) is 0.850. The molecule has 1 aliphatic heterocycles. The van der Waals surface area contributed by atoms with Crippen molar-refractivity contribution in [2.75, 3.05) is 19.0 Å². The van der Waals surface area contributed by atoms with Gasteiger partial charge < -0.3 is 15.4 Å². The highest BCUT2D eigenvalue weighted by molar-refractivity contribution is 5.92. The minimum Gasteiger partial charge on any atom is -0.481 e. The van der Waals surface area contributed by atoms with Gasteiger partial charge >= 0.3 is 0 Å². The minimum atomic E-state index is 0.0790. The Kier molecular flexibility index (Phi) is 4.15. The van der Waals surface area contributed by atoms with Crippen molar-refractivity contribution < 1.29 is 9.53 Å². The number of carbonyl (C=O) groups is 1. The van der Waals surface area contributed by atoms with Crippen molar-refractivity contribution in [3.8, 4) is 5.88 Å². The van der Waals surface area contributed by atoms with Crippen molar-refractivity contribution in [3.05, 3.63) is 18.3 Å². The second-order valence-electron chi connectivity index (χ2n) is 4.65. The monoisotopic (exact) mass is 249 g/mol. The van der Waals surface area contributed by atoms with Gasteiger partial charge in [0, 0.05) is 18.0 Å². The molecule has 1 aliphatic rings. The number of anilines is 1. The molecular weight excluding hydrogens is 230 g/mol. The Bertz CT molecular complexity index is 405. The van der Waals surface area contributed by atoms with Crippen molar-refractivity contribution in [1.82, 2.24) is 10.3 Å². The number of hydrogen-bond acceptors (Lipinski definition) is 4. The summed E-state index contributed by atoms with van der Waals surface area (Å²) in [5.74, 6) is 0.710. The van der Waals surface area contributed by atoms with Crippen molar-refractivity contribution in [3.63, 3.8) is 0 Å². The smallest absolute Gasteiger partial charge is 0.227 e. The Morgan fingerprint density at radius 2 is 2.39 bits per heavy atom. The predicted octanol–water partition coefficient (Wildman–Crippen LogP) is 1.42. The van der Waals surface area contributed by atoms with E-state index in [1.165, 1.54) is 0 Å². The van der Waals surface area contributed by atoms with Crippen molar-refractivity contribution in [1.29, 1.82) is 0 Å². The lowest BCUT2D eigenvalue weighted by Gasteiger charge is -2.27. The van der Waals surface area contributed by atoms with E-state index in [9.17, 15) is 4.79 Å². The summed E-state index contributed by atoms with van der Waals surface area (Å²) in [6, 6.07) is 3.94. The fourth-order valence-electron chi connectivity index (χ4n) is 2.19. The van der Waals surface area contributed by atoms with Crippen LogP contribution >= 0.6 is 0 Å². The van der Waals surface area contributed by atoms with Crippen LogP contribution in [0.5, 0.6) is 5.88 Å². The molecule has 0 saturated carbocycles. The van der Waals surface area contributed by atoms with Crippen molar-refractivity contribution in [2.24, 2.45) is 5.92 Å². The van der Waals surface area contributed by atoms with E-state index in [4.69, 9.17) is 4.74 Å². The number of carbonyl (C=O) groups excluding carboxylic acids is 1. The lowest BCUT2D eigenvalue weighted by molar-refractivity contribution is -0.120. The summed E-state index contributed by atoms with van der Waals surface area (Å²) >= 11 is 0. The number of ether oxygens (including phenoxy) is 1. The molecule has 18 heavy (non-hydrogen) atoms. The van der Waals surface area contributed by atoms with Crippen molar-refractivity contribution in [2.45, 2.75) is 25.8 Å². The van der Waals surface area contributed by atoms with E-state index >= 15 is 0 Å². The van der Waals surface area contributed by atoms with Gasteiger partial charge in [0.1, 0.15) is 0 Å². The molecule has 2 heterocycles. The zero-order valence-electron chi connectivity index (χ0n) is 10.8. The second-order valence-corrected chi connectivity index (χ2v) is 4.65. The third kappa shape index (κ3) is 3.20. The molecule has 2 atom stereocenters. The van der Waals surface area contributed by atoms with Crippen molar-refractivity contribution >= 4 is 11.6 Å². The van der Waals surface area contributed by atoms with Gasteiger partial charge in [-0.15, -0.1) is 0 Å². The van der Waals surface area contributed by atoms with Gasteiger partial charge in [0.2, 0.25) is 11.8 Å². The second kappa shape index (κ2) is 5.82. The zero-order chi connectivity index (χ0) is 13.0. The van der Waals surface area contributed by atoms with Gasteiger partial charge in [-0.3, -0.25) is 4.79 Å². The van der Waals surface area contributed by atoms with Crippen LogP contribution in [0.25, 0.3) is 0 Å². The van der Waals surface area contributed by atoms with Crippen LogP contribution in [0.4, 0.5) is 5.69 Å². The minimum absolute atomic E-state index is 0.0790. The molecule has 2 rings (SSSR count). The van der Waals surface area contributed by atoms with E-state index in [1.54, 1.807) is 25.4 Å². The maximum atomic E-state index is 12.1. The number of rotatable bonds is 3. The average molecular weight is 249 g/mol. The van der Waals surface area contributed by atoms with Crippen LogP contribution in [0, 0.1) is 5.92 Å². The molecule has 2 N–H and O–H groups in total. The molecule has 0 bridgehead atoms. The molecule has 0 radical (unpaired) electrons. The maximum absolute atomic E-state index is 12.1. The lowest BCUT2D eigenvalue weighted by Crippen LogP contribution is -2.40. The molecule has 1 amide bonds. The third-order valence-electron chi connectivity index (χ3n) is 3.21. The Balaban J connectivity index is 1.93. The number of aromatic nitrogens is 1. The third-order valence-corrected chi connectivity index (χ3v) is 3.21. The zero-order valence-corrected chi connectivity index (χ0v) is 10.8. The number of methoxy groups -OCH3 is 1. The summed E-state index contributed by atoms with van der Waals surface area (Å²) in [5.41, 5.74) is 0.715. The molecule has 0 aromatic carbocycles. The molecule has 1 aromatic rings. The molecule has 0 aliphatic carbocycles. The summed E-state index contributed by atoms with van der Waals surface area (Å²) in [6.45, 7) is 3.01. The van der Waals surface area contributed by atoms with E-state index in [1.807, 2.05) is 0 Å². The van der Waals surface area contributed by atoms with Crippen LogP contribution in [0.2, 0.25) is 0 Å². The first-order valence-corrected chi connectivity index (χ1v) is 6.23.